The third-order valence-corrected chi connectivity index (χ3v) is 3.73. The van der Waals surface area contributed by atoms with Gasteiger partial charge in [0, 0.05) is 19.2 Å². The smallest absolute Gasteiger partial charge is 0.285 e. The summed E-state index contributed by atoms with van der Waals surface area (Å²) in [6.45, 7) is 2.07. The molecule has 2 rings (SSSR count). The van der Waals surface area contributed by atoms with E-state index in [0.29, 0.717) is 12.1 Å². The van der Waals surface area contributed by atoms with Crippen molar-refractivity contribution in [3.63, 3.8) is 0 Å². The highest BCUT2D eigenvalue weighted by molar-refractivity contribution is 7.07. The second-order valence-electron chi connectivity index (χ2n) is 4.52. The molecule has 0 unspecified atom stereocenters. The van der Waals surface area contributed by atoms with Crippen LogP contribution < -0.4 is 0 Å². The molecular formula is C14H14N2O3S. The molecule has 1 aromatic carbocycles. The van der Waals surface area contributed by atoms with E-state index in [-0.39, 0.29) is 17.2 Å². The fourth-order valence-electron chi connectivity index (χ4n) is 2.01. The summed E-state index contributed by atoms with van der Waals surface area (Å²) in [5.74, 6) is -0.341. The summed E-state index contributed by atoms with van der Waals surface area (Å²) >= 11 is 1.55. The number of benzene rings is 1. The van der Waals surface area contributed by atoms with E-state index in [1.54, 1.807) is 37.4 Å². The topological polar surface area (TPSA) is 63.5 Å². The van der Waals surface area contributed by atoms with Crippen LogP contribution in [0, 0.1) is 17.0 Å². The number of para-hydroxylation sites is 1. The van der Waals surface area contributed by atoms with Gasteiger partial charge in [-0.2, -0.15) is 11.3 Å². The first-order chi connectivity index (χ1) is 9.50. The molecule has 0 bridgehead atoms. The maximum Gasteiger partial charge on any atom is 0.285 e. The van der Waals surface area contributed by atoms with Crippen LogP contribution in [-0.4, -0.2) is 22.8 Å². The highest BCUT2D eigenvalue weighted by Crippen LogP contribution is 2.24. The van der Waals surface area contributed by atoms with Crippen molar-refractivity contribution < 1.29 is 9.72 Å². The zero-order chi connectivity index (χ0) is 14.7. The number of aryl methyl sites for hydroxylation is 1. The van der Waals surface area contributed by atoms with Crippen LogP contribution in [0.4, 0.5) is 5.69 Å². The van der Waals surface area contributed by atoms with Gasteiger partial charge in [-0.05, 0) is 35.4 Å². The molecule has 0 spiro atoms. The molecule has 1 heterocycles. The van der Waals surface area contributed by atoms with Gasteiger partial charge in [0.1, 0.15) is 5.56 Å². The van der Waals surface area contributed by atoms with Crippen molar-refractivity contribution in [2.75, 3.05) is 7.05 Å². The lowest BCUT2D eigenvalue weighted by Crippen LogP contribution is -2.26. The summed E-state index contributed by atoms with van der Waals surface area (Å²) in [5, 5.41) is 15.0. The minimum Gasteiger partial charge on any atom is -0.337 e. The van der Waals surface area contributed by atoms with Crippen LogP contribution in [-0.2, 0) is 6.54 Å². The van der Waals surface area contributed by atoms with Gasteiger partial charge in [0.25, 0.3) is 11.6 Å². The Hall–Kier alpha value is -2.21. The molecule has 0 N–H and O–H groups in total. The van der Waals surface area contributed by atoms with Crippen LogP contribution in [0.1, 0.15) is 21.5 Å². The lowest BCUT2D eigenvalue weighted by atomic mass is 10.1. The Morgan fingerprint density at radius 2 is 2.15 bits per heavy atom. The van der Waals surface area contributed by atoms with E-state index in [0.717, 1.165) is 5.56 Å². The van der Waals surface area contributed by atoms with Crippen molar-refractivity contribution in [2.45, 2.75) is 13.5 Å². The van der Waals surface area contributed by atoms with E-state index >= 15 is 0 Å². The Bertz CT molecular complexity index is 638. The molecule has 1 amide bonds. The predicted octanol–water partition coefficient (Wildman–Crippen LogP) is 3.24. The van der Waals surface area contributed by atoms with Crippen LogP contribution in [0.15, 0.2) is 35.0 Å². The SMILES string of the molecule is Cc1cccc(C(=O)N(C)Cc2ccsc2)c1[N+](=O)[O-]. The lowest BCUT2D eigenvalue weighted by Gasteiger charge is -2.16. The molecule has 0 radical (unpaired) electrons. The van der Waals surface area contributed by atoms with E-state index in [4.69, 9.17) is 0 Å². The van der Waals surface area contributed by atoms with E-state index < -0.39 is 4.92 Å². The Kier molecular flexibility index (Phi) is 4.14. The quantitative estimate of drug-likeness (QED) is 0.641. The molecule has 20 heavy (non-hydrogen) atoms. The second-order valence-corrected chi connectivity index (χ2v) is 5.30. The van der Waals surface area contributed by atoms with Gasteiger partial charge < -0.3 is 4.90 Å². The van der Waals surface area contributed by atoms with E-state index in [2.05, 4.69) is 0 Å². The third kappa shape index (κ3) is 2.85. The maximum absolute atomic E-state index is 12.4. The van der Waals surface area contributed by atoms with Gasteiger partial charge in [-0.3, -0.25) is 14.9 Å². The summed E-state index contributed by atoms with van der Waals surface area (Å²) in [4.78, 5) is 24.5. The van der Waals surface area contributed by atoms with Crippen molar-refractivity contribution >= 4 is 22.9 Å². The van der Waals surface area contributed by atoms with Crippen LogP contribution in [0.3, 0.4) is 0 Å². The summed E-state index contributed by atoms with van der Waals surface area (Å²) in [7, 11) is 1.64. The average molecular weight is 290 g/mol. The van der Waals surface area contributed by atoms with Crippen LogP contribution in [0.25, 0.3) is 0 Å². The summed E-state index contributed by atoms with van der Waals surface area (Å²) < 4.78 is 0. The first kappa shape index (κ1) is 14.2. The van der Waals surface area contributed by atoms with E-state index in [1.165, 1.54) is 11.0 Å². The zero-order valence-corrected chi connectivity index (χ0v) is 12.0. The van der Waals surface area contributed by atoms with Crippen LogP contribution >= 0.6 is 11.3 Å². The first-order valence-corrected chi connectivity index (χ1v) is 6.95. The van der Waals surface area contributed by atoms with Crippen LogP contribution in [0.2, 0.25) is 0 Å². The van der Waals surface area contributed by atoms with Crippen molar-refractivity contribution in [1.29, 1.82) is 0 Å². The number of carbonyl (C=O) groups excluding carboxylic acids is 1. The predicted molar refractivity (Wildman–Crippen MR) is 77.9 cm³/mol. The molecule has 0 saturated carbocycles. The fraction of sp³-hybridized carbons (Fsp3) is 0.214. The molecule has 1 aromatic heterocycles. The molecule has 5 nitrogen and oxygen atoms in total. The number of thiophene rings is 1. The Morgan fingerprint density at radius 3 is 2.75 bits per heavy atom. The van der Waals surface area contributed by atoms with Gasteiger partial charge in [0.15, 0.2) is 0 Å². The molecule has 6 heteroatoms. The number of rotatable bonds is 4. The average Bonchev–Trinajstić information content (AvgIpc) is 2.89. The minimum absolute atomic E-state index is 0.116. The van der Waals surface area contributed by atoms with Gasteiger partial charge in [-0.15, -0.1) is 0 Å². The standard InChI is InChI=1S/C14H14N2O3S/c1-10-4-3-5-12(13(10)16(18)19)14(17)15(2)8-11-6-7-20-9-11/h3-7,9H,8H2,1-2H3. The van der Waals surface area contributed by atoms with Crippen molar-refractivity contribution in [3.05, 3.63) is 61.8 Å². The molecule has 0 aliphatic carbocycles. The number of nitro groups is 1. The number of nitro benzene ring substituents is 1. The molecule has 104 valence electrons. The molecular weight excluding hydrogens is 276 g/mol. The number of carbonyl (C=O) groups is 1. The Balaban J connectivity index is 2.29. The van der Waals surface area contributed by atoms with Gasteiger partial charge in [0.05, 0.1) is 4.92 Å². The van der Waals surface area contributed by atoms with Crippen molar-refractivity contribution in [3.8, 4) is 0 Å². The number of nitrogens with zero attached hydrogens (tertiary/aromatic N) is 2. The highest BCUT2D eigenvalue weighted by atomic mass is 32.1. The van der Waals surface area contributed by atoms with Gasteiger partial charge in [-0.25, -0.2) is 0 Å². The Morgan fingerprint density at radius 1 is 1.40 bits per heavy atom. The van der Waals surface area contributed by atoms with Gasteiger partial charge in [-0.1, -0.05) is 12.1 Å². The van der Waals surface area contributed by atoms with Gasteiger partial charge >= 0.3 is 0 Å². The number of hydrogen-bond donors (Lipinski definition) is 0. The summed E-state index contributed by atoms with van der Waals surface area (Å²) in [6, 6.07) is 6.72. The summed E-state index contributed by atoms with van der Waals surface area (Å²) in [5.41, 5.74) is 1.52. The van der Waals surface area contributed by atoms with Gasteiger partial charge in [0.2, 0.25) is 0 Å². The number of amides is 1. The first-order valence-electron chi connectivity index (χ1n) is 6.01. The molecule has 0 fully saturated rings. The molecule has 0 aliphatic rings. The summed E-state index contributed by atoms with van der Waals surface area (Å²) in [6.07, 6.45) is 0. The maximum atomic E-state index is 12.4. The monoisotopic (exact) mass is 290 g/mol. The number of hydrogen-bond acceptors (Lipinski definition) is 4. The molecule has 2 aromatic rings. The largest absolute Gasteiger partial charge is 0.337 e. The highest BCUT2D eigenvalue weighted by Gasteiger charge is 2.24. The zero-order valence-electron chi connectivity index (χ0n) is 11.2. The van der Waals surface area contributed by atoms with E-state index in [9.17, 15) is 14.9 Å². The van der Waals surface area contributed by atoms with E-state index in [1.807, 2.05) is 16.8 Å². The molecule has 0 atom stereocenters. The third-order valence-electron chi connectivity index (χ3n) is 3.00. The molecule has 0 aliphatic heterocycles. The lowest BCUT2D eigenvalue weighted by molar-refractivity contribution is -0.385. The Labute approximate surface area is 120 Å². The fourth-order valence-corrected chi connectivity index (χ4v) is 2.67. The van der Waals surface area contributed by atoms with Crippen molar-refractivity contribution in [1.82, 2.24) is 4.90 Å². The van der Waals surface area contributed by atoms with Crippen molar-refractivity contribution in [2.24, 2.45) is 0 Å². The molecule has 0 saturated heterocycles. The van der Waals surface area contributed by atoms with Crippen LogP contribution in [0.5, 0.6) is 0 Å². The minimum atomic E-state index is -0.499. The normalized spacial score (nSPS) is 10.3. The second kappa shape index (κ2) is 5.83.